The number of carbonyl (C=O) groups is 2. The summed E-state index contributed by atoms with van der Waals surface area (Å²) in [6, 6.07) is 7.25. The fraction of sp³-hybridized carbons (Fsp3) is 0.312. The summed E-state index contributed by atoms with van der Waals surface area (Å²) in [5.41, 5.74) is 7.16. The molecule has 24 heavy (non-hydrogen) atoms. The molecule has 2 amide bonds. The monoisotopic (exact) mass is 364 g/mol. The van der Waals surface area contributed by atoms with Gasteiger partial charge < -0.3 is 0 Å². The lowest BCUT2D eigenvalue weighted by atomic mass is 9.88. The van der Waals surface area contributed by atoms with Crippen LogP contribution in [0.15, 0.2) is 35.4 Å². The summed E-state index contributed by atoms with van der Waals surface area (Å²) in [4.78, 5) is 24.9. The largest absolute Gasteiger partial charge is 0.282 e. The second-order valence-corrected chi connectivity index (χ2v) is 7.08. The first-order chi connectivity index (χ1) is 11.6. The quantitative estimate of drug-likeness (QED) is 0.572. The lowest BCUT2D eigenvalue weighted by Gasteiger charge is -2.20. The number of thioether (sulfide) groups is 1. The van der Waals surface area contributed by atoms with Crippen molar-refractivity contribution in [2.24, 2.45) is 5.92 Å². The van der Waals surface area contributed by atoms with Crippen molar-refractivity contribution in [1.29, 1.82) is 0 Å². The number of rotatable bonds is 4. The minimum absolute atomic E-state index is 0.151. The third-order valence-corrected chi connectivity index (χ3v) is 5.16. The lowest BCUT2D eigenvalue weighted by Crippen LogP contribution is -2.46. The number of hydrogen-bond acceptors (Lipinski definition) is 4. The second kappa shape index (κ2) is 7.72. The normalized spacial score (nSPS) is 16.3. The number of hydrazine groups is 1. The number of hydrogen-bond donors (Lipinski definition) is 3. The minimum Gasteiger partial charge on any atom is -0.282 e. The molecule has 0 saturated carbocycles. The molecule has 1 heterocycles. The smallest absolute Gasteiger partial charge is 0.248 e. The molecule has 0 saturated heterocycles. The van der Waals surface area contributed by atoms with Gasteiger partial charge in [-0.25, -0.2) is 0 Å². The van der Waals surface area contributed by atoms with Gasteiger partial charge in [-0.15, -0.1) is 11.8 Å². The van der Waals surface area contributed by atoms with Crippen LogP contribution in [-0.2, 0) is 22.4 Å². The number of halogens is 1. The Bertz CT molecular complexity index is 732. The molecule has 3 rings (SSSR count). The molecule has 126 valence electrons. The van der Waals surface area contributed by atoms with Crippen molar-refractivity contribution in [3.8, 4) is 0 Å². The van der Waals surface area contributed by atoms with Crippen molar-refractivity contribution in [3.63, 3.8) is 0 Å². The van der Waals surface area contributed by atoms with E-state index in [4.69, 9.17) is 11.6 Å². The highest BCUT2D eigenvalue weighted by Gasteiger charge is 2.26. The Hall–Kier alpha value is -1.99. The average molecular weight is 365 g/mol. The van der Waals surface area contributed by atoms with Crippen molar-refractivity contribution >= 4 is 35.2 Å². The number of benzene rings is 1. The molecule has 8 heteroatoms. The minimum atomic E-state index is -0.249. The van der Waals surface area contributed by atoms with Gasteiger partial charge in [0, 0.05) is 28.0 Å². The van der Waals surface area contributed by atoms with E-state index >= 15 is 0 Å². The first-order valence-corrected chi connectivity index (χ1v) is 8.96. The molecule has 2 aromatic rings. The maximum Gasteiger partial charge on any atom is 0.248 e. The maximum atomic E-state index is 12.2. The van der Waals surface area contributed by atoms with Gasteiger partial charge in [0.25, 0.3) is 0 Å². The zero-order chi connectivity index (χ0) is 16.9. The van der Waals surface area contributed by atoms with Crippen LogP contribution in [-0.4, -0.2) is 27.8 Å². The Kier molecular flexibility index (Phi) is 5.42. The van der Waals surface area contributed by atoms with Gasteiger partial charge in [0.05, 0.1) is 11.9 Å². The first-order valence-electron chi connectivity index (χ1n) is 7.60. The Morgan fingerprint density at radius 3 is 2.88 bits per heavy atom. The molecule has 1 aliphatic carbocycles. The molecule has 0 spiro atoms. The van der Waals surface area contributed by atoms with Crippen molar-refractivity contribution in [2.75, 3.05) is 5.75 Å². The van der Waals surface area contributed by atoms with Gasteiger partial charge in [-0.1, -0.05) is 11.6 Å². The topological polar surface area (TPSA) is 86.9 Å². The van der Waals surface area contributed by atoms with E-state index in [9.17, 15) is 9.59 Å². The molecule has 3 N–H and O–H groups in total. The summed E-state index contributed by atoms with van der Waals surface area (Å²) in [6.07, 6.45) is 4.01. The van der Waals surface area contributed by atoms with Gasteiger partial charge in [-0.2, -0.15) is 5.10 Å². The van der Waals surface area contributed by atoms with Crippen LogP contribution in [0, 0.1) is 5.92 Å². The highest BCUT2D eigenvalue weighted by atomic mass is 35.5. The fourth-order valence-corrected chi connectivity index (χ4v) is 3.41. The van der Waals surface area contributed by atoms with Crippen LogP contribution >= 0.6 is 23.4 Å². The van der Waals surface area contributed by atoms with E-state index < -0.39 is 0 Å². The van der Waals surface area contributed by atoms with Crippen LogP contribution < -0.4 is 10.9 Å². The van der Waals surface area contributed by atoms with E-state index in [2.05, 4.69) is 21.0 Å². The van der Waals surface area contributed by atoms with Gasteiger partial charge >= 0.3 is 0 Å². The Morgan fingerprint density at radius 1 is 1.29 bits per heavy atom. The van der Waals surface area contributed by atoms with Gasteiger partial charge in [0.2, 0.25) is 11.8 Å². The summed E-state index contributed by atoms with van der Waals surface area (Å²) < 4.78 is 0. The highest BCUT2D eigenvalue weighted by Crippen LogP contribution is 2.23. The highest BCUT2D eigenvalue weighted by molar-refractivity contribution is 8.00. The number of aromatic nitrogens is 2. The molecule has 1 aliphatic rings. The molecule has 1 aromatic heterocycles. The van der Waals surface area contributed by atoms with E-state index in [1.807, 2.05) is 12.1 Å². The molecule has 0 radical (unpaired) electrons. The van der Waals surface area contributed by atoms with Crippen molar-refractivity contribution < 1.29 is 9.59 Å². The van der Waals surface area contributed by atoms with Gasteiger partial charge in [-0.05, 0) is 42.7 Å². The Balaban J connectivity index is 1.41. The fourth-order valence-electron chi connectivity index (χ4n) is 2.58. The van der Waals surface area contributed by atoms with Crippen molar-refractivity contribution in [2.45, 2.75) is 24.2 Å². The van der Waals surface area contributed by atoms with Crippen LogP contribution in [0.3, 0.4) is 0 Å². The molecule has 0 aliphatic heterocycles. The zero-order valence-electron chi connectivity index (χ0n) is 12.8. The number of aryl methyl sites for hydroxylation is 1. The van der Waals surface area contributed by atoms with Crippen LogP contribution in [0.1, 0.15) is 17.7 Å². The molecular formula is C16H17ClN4O2S. The Morgan fingerprint density at radius 2 is 2.08 bits per heavy atom. The SMILES string of the molecule is O=C(CSc1ccc(Cl)cc1)NNC(=O)C1CCc2cn[nH]c2C1. The maximum absolute atomic E-state index is 12.2. The van der Waals surface area contributed by atoms with E-state index in [0.29, 0.717) is 11.4 Å². The third-order valence-electron chi connectivity index (χ3n) is 3.90. The van der Waals surface area contributed by atoms with Crippen molar-refractivity contribution in [3.05, 3.63) is 46.7 Å². The van der Waals surface area contributed by atoms with Gasteiger partial charge in [0.1, 0.15) is 0 Å². The van der Waals surface area contributed by atoms with Crippen molar-refractivity contribution in [1.82, 2.24) is 21.0 Å². The van der Waals surface area contributed by atoms with Crippen LogP contribution in [0.4, 0.5) is 0 Å². The van der Waals surface area contributed by atoms with Gasteiger partial charge in [0.15, 0.2) is 0 Å². The molecule has 6 nitrogen and oxygen atoms in total. The predicted octanol–water partition coefficient (Wildman–Crippen LogP) is 2.11. The standard InChI is InChI=1S/C16H17ClN4O2S/c17-12-3-5-13(6-4-12)24-9-15(22)20-21-16(23)10-1-2-11-8-18-19-14(11)7-10/h3-6,8,10H,1-2,7,9H2,(H,18,19)(H,20,22)(H,21,23). The molecule has 1 unspecified atom stereocenters. The number of carbonyl (C=O) groups excluding carboxylic acids is 2. The number of nitrogens with one attached hydrogen (secondary N) is 3. The molecular weight excluding hydrogens is 348 g/mol. The van der Waals surface area contributed by atoms with E-state index in [0.717, 1.165) is 23.4 Å². The third kappa shape index (κ3) is 4.30. The molecule has 1 aromatic carbocycles. The van der Waals surface area contributed by atoms with E-state index in [1.54, 1.807) is 18.3 Å². The number of amides is 2. The zero-order valence-corrected chi connectivity index (χ0v) is 14.4. The molecule has 1 atom stereocenters. The van der Waals surface area contributed by atoms with Crippen LogP contribution in [0.2, 0.25) is 5.02 Å². The van der Waals surface area contributed by atoms with Crippen LogP contribution in [0.25, 0.3) is 0 Å². The summed E-state index contributed by atoms with van der Waals surface area (Å²) in [5.74, 6) is -0.347. The second-order valence-electron chi connectivity index (χ2n) is 5.59. The summed E-state index contributed by atoms with van der Waals surface area (Å²) in [6.45, 7) is 0. The number of aromatic amines is 1. The first kappa shape index (κ1) is 16.9. The lowest BCUT2D eigenvalue weighted by molar-refractivity contribution is -0.130. The number of fused-ring (bicyclic) bond motifs is 1. The van der Waals surface area contributed by atoms with Gasteiger partial charge in [-0.3, -0.25) is 25.5 Å². The molecule has 0 bridgehead atoms. The van der Waals surface area contributed by atoms with E-state index in [1.165, 1.54) is 17.3 Å². The number of nitrogens with zero attached hydrogens (tertiary/aromatic N) is 1. The summed E-state index contributed by atoms with van der Waals surface area (Å²) >= 11 is 7.20. The Labute approximate surface area is 148 Å². The summed E-state index contributed by atoms with van der Waals surface area (Å²) in [7, 11) is 0. The number of H-pyrrole nitrogens is 1. The predicted molar refractivity (Wildman–Crippen MR) is 92.6 cm³/mol. The van der Waals surface area contributed by atoms with E-state index in [-0.39, 0.29) is 23.5 Å². The van der Waals surface area contributed by atoms with Crippen LogP contribution in [0.5, 0.6) is 0 Å². The molecule has 0 fully saturated rings. The summed E-state index contributed by atoms with van der Waals surface area (Å²) in [5, 5.41) is 7.57. The average Bonchev–Trinajstić information content (AvgIpc) is 3.06.